The van der Waals surface area contributed by atoms with Crippen molar-refractivity contribution in [1.29, 1.82) is 0 Å². The van der Waals surface area contributed by atoms with Crippen molar-refractivity contribution in [2.45, 2.75) is 18.4 Å². The summed E-state index contributed by atoms with van der Waals surface area (Å²) < 4.78 is 0. The summed E-state index contributed by atoms with van der Waals surface area (Å²) in [7, 11) is 0. The van der Waals surface area contributed by atoms with Gasteiger partial charge in [-0.1, -0.05) is 0 Å². The summed E-state index contributed by atoms with van der Waals surface area (Å²) in [6.07, 6.45) is -2.29. The van der Waals surface area contributed by atoms with Crippen molar-refractivity contribution in [3.63, 3.8) is 0 Å². The number of carboxylic acids is 3. The first-order valence-corrected chi connectivity index (χ1v) is 5.54. The van der Waals surface area contributed by atoms with E-state index in [9.17, 15) is 19.2 Å². The topological polar surface area (TPSA) is 173 Å². The molecule has 1 amide bonds. The van der Waals surface area contributed by atoms with Gasteiger partial charge in [-0.05, 0) is 0 Å². The summed E-state index contributed by atoms with van der Waals surface area (Å²) in [6, 6.07) is 0. The Morgan fingerprint density at radius 1 is 1.05 bits per heavy atom. The predicted molar refractivity (Wildman–Crippen MR) is 63.0 cm³/mol. The first-order chi connectivity index (χ1) is 9.17. The fourth-order valence-corrected chi connectivity index (χ4v) is 1.27. The molecule has 20 heavy (non-hydrogen) atoms. The molecular weight excluding hydrogens is 276 g/mol. The zero-order valence-corrected chi connectivity index (χ0v) is 10.5. The van der Waals surface area contributed by atoms with Crippen molar-refractivity contribution in [3.8, 4) is 0 Å². The summed E-state index contributed by atoms with van der Waals surface area (Å²) in [5.41, 5.74) is -2.74. The molecule has 1 aliphatic rings. The molecular formula is C10H16N2O8. The molecule has 0 radical (unpaired) electrons. The maximum absolute atomic E-state index is 10.3. The highest BCUT2D eigenvalue weighted by molar-refractivity contribution is 5.88. The molecule has 0 saturated carbocycles. The van der Waals surface area contributed by atoms with Gasteiger partial charge in [0.15, 0.2) is 5.60 Å². The molecule has 1 heterocycles. The Balaban J connectivity index is 0.000000428. The van der Waals surface area contributed by atoms with E-state index in [1.807, 2.05) is 0 Å². The minimum Gasteiger partial charge on any atom is -0.481 e. The Kier molecular flexibility index (Phi) is 7.18. The summed E-state index contributed by atoms with van der Waals surface area (Å²) >= 11 is 0. The van der Waals surface area contributed by atoms with E-state index in [1.54, 1.807) is 0 Å². The molecule has 0 atom stereocenters. The summed E-state index contributed by atoms with van der Waals surface area (Å²) in [4.78, 5) is 40.8. The van der Waals surface area contributed by atoms with E-state index >= 15 is 0 Å². The van der Waals surface area contributed by atoms with Crippen LogP contribution >= 0.6 is 0 Å². The van der Waals surface area contributed by atoms with Gasteiger partial charge in [0.05, 0.1) is 19.4 Å². The second kappa shape index (κ2) is 8.07. The molecule has 10 nitrogen and oxygen atoms in total. The number of hydrogen-bond acceptors (Lipinski definition) is 6. The van der Waals surface area contributed by atoms with Crippen molar-refractivity contribution in [2.24, 2.45) is 0 Å². The van der Waals surface area contributed by atoms with Crippen LogP contribution in [-0.2, 0) is 19.2 Å². The Labute approximate surface area is 113 Å². The minimum atomic E-state index is -2.74. The second-order valence-corrected chi connectivity index (χ2v) is 4.00. The zero-order chi connectivity index (χ0) is 15.8. The lowest BCUT2D eigenvalue weighted by Crippen LogP contribution is -2.44. The largest absolute Gasteiger partial charge is 0.481 e. The summed E-state index contributed by atoms with van der Waals surface area (Å²) in [6.45, 7) is 2.17. The van der Waals surface area contributed by atoms with E-state index in [0.717, 1.165) is 13.1 Å². The predicted octanol–water partition coefficient (Wildman–Crippen LogP) is -2.54. The van der Waals surface area contributed by atoms with Crippen LogP contribution in [0.2, 0.25) is 0 Å². The number of carbonyl (C=O) groups excluding carboxylic acids is 1. The van der Waals surface area contributed by atoms with Crippen LogP contribution in [0.15, 0.2) is 0 Å². The standard InChI is InChI=1S/C6H8O7.C4H8N2O/c7-3(8)1-6(13,5(11)12)2-4(9)10;7-4-3-5-1-2-6-4/h13H,1-2H2,(H,7,8)(H,9,10)(H,11,12);5H,1-3H2,(H,6,7). The smallest absolute Gasteiger partial charge is 0.336 e. The number of hydrogen-bond donors (Lipinski definition) is 6. The molecule has 0 unspecified atom stereocenters. The van der Waals surface area contributed by atoms with Gasteiger partial charge < -0.3 is 31.1 Å². The van der Waals surface area contributed by atoms with Crippen molar-refractivity contribution in [3.05, 3.63) is 0 Å². The highest BCUT2D eigenvalue weighted by Gasteiger charge is 2.40. The Morgan fingerprint density at radius 3 is 1.75 bits per heavy atom. The minimum absolute atomic E-state index is 0.103. The maximum Gasteiger partial charge on any atom is 0.336 e. The molecule has 0 bridgehead atoms. The van der Waals surface area contributed by atoms with Crippen LogP contribution in [0, 0.1) is 0 Å². The van der Waals surface area contributed by atoms with E-state index in [2.05, 4.69) is 10.6 Å². The lowest BCUT2D eigenvalue weighted by molar-refractivity contribution is -0.170. The fourth-order valence-electron chi connectivity index (χ4n) is 1.27. The number of amides is 1. The number of carboxylic acid groups (broad SMARTS) is 3. The molecule has 0 aromatic rings. The first-order valence-electron chi connectivity index (χ1n) is 5.54. The molecule has 1 fully saturated rings. The van der Waals surface area contributed by atoms with Crippen molar-refractivity contribution in [2.75, 3.05) is 19.6 Å². The molecule has 6 N–H and O–H groups in total. The van der Waals surface area contributed by atoms with Gasteiger partial charge in [-0.25, -0.2) is 4.79 Å². The molecule has 114 valence electrons. The van der Waals surface area contributed by atoms with Crippen molar-refractivity contribution < 1.29 is 39.6 Å². The third-order valence-corrected chi connectivity index (χ3v) is 2.19. The number of piperazine rings is 1. The van der Waals surface area contributed by atoms with Crippen molar-refractivity contribution in [1.82, 2.24) is 10.6 Å². The number of aliphatic hydroxyl groups is 1. The van der Waals surface area contributed by atoms with Gasteiger partial charge in [-0.15, -0.1) is 0 Å². The lowest BCUT2D eigenvalue weighted by Gasteiger charge is -2.18. The van der Waals surface area contributed by atoms with Gasteiger partial charge in [-0.2, -0.15) is 0 Å². The number of nitrogens with one attached hydrogen (secondary N) is 2. The molecule has 0 aromatic heterocycles. The van der Waals surface area contributed by atoms with Crippen molar-refractivity contribution >= 4 is 23.8 Å². The van der Waals surface area contributed by atoms with Crippen LogP contribution in [0.3, 0.4) is 0 Å². The highest BCUT2D eigenvalue weighted by Crippen LogP contribution is 2.15. The molecule has 1 aliphatic heterocycles. The van der Waals surface area contributed by atoms with E-state index in [4.69, 9.17) is 20.4 Å². The van der Waals surface area contributed by atoms with Crippen LogP contribution in [0.5, 0.6) is 0 Å². The van der Waals surface area contributed by atoms with Crippen LogP contribution in [-0.4, -0.2) is 69.5 Å². The van der Waals surface area contributed by atoms with Gasteiger partial charge in [-0.3, -0.25) is 14.4 Å². The molecule has 0 aromatic carbocycles. The molecule has 0 spiro atoms. The zero-order valence-electron chi connectivity index (χ0n) is 10.5. The average molecular weight is 292 g/mol. The first kappa shape index (κ1) is 17.8. The van der Waals surface area contributed by atoms with E-state index in [-0.39, 0.29) is 5.91 Å². The van der Waals surface area contributed by atoms with Crippen LogP contribution < -0.4 is 10.6 Å². The number of rotatable bonds is 5. The summed E-state index contributed by atoms with van der Waals surface area (Å²) in [5, 5.41) is 39.4. The van der Waals surface area contributed by atoms with Crippen LogP contribution in [0.25, 0.3) is 0 Å². The van der Waals surface area contributed by atoms with E-state index < -0.39 is 36.4 Å². The highest BCUT2D eigenvalue weighted by atomic mass is 16.4. The third kappa shape index (κ3) is 7.28. The summed E-state index contributed by atoms with van der Waals surface area (Å²) in [5.74, 6) is -4.92. The van der Waals surface area contributed by atoms with E-state index in [0.29, 0.717) is 6.54 Å². The van der Waals surface area contributed by atoms with E-state index in [1.165, 1.54) is 0 Å². The van der Waals surface area contributed by atoms with Gasteiger partial charge >= 0.3 is 17.9 Å². The van der Waals surface area contributed by atoms with Crippen LogP contribution in [0.1, 0.15) is 12.8 Å². The normalized spacial score (nSPS) is 14.6. The average Bonchev–Trinajstić information content (AvgIpc) is 2.28. The molecule has 0 aliphatic carbocycles. The van der Waals surface area contributed by atoms with Gasteiger partial charge in [0.2, 0.25) is 5.91 Å². The number of carbonyl (C=O) groups is 4. The second-order valence-electron chi connectivity index (χ2n) is 4.00. The molecule has 10 heteroatoms. The molecule has 1 saturated heterocycles. The Morgan fingerprint density at radius 2 is 1.55 bits per heavy atom. The lowest BCUT2D eigenvalue weighted by atomic mass is 9.96. The van der Waals surface area contributed by atoms with Gasteiger partial charge in [0, 0.05) is 13.1 Å². The number of aliphatic carboxylic acids is 3. The van der Waals surface area contributed by atoms with Gasteiger partial charge in [0.25, 0.3) is 0 Å². The fraction of sp³-hybridized carbons (Fsp3) is 0.600. The maximum atomic E-state index is 10.3. The quantitative estimate of drug-likeness (QED) is 0.319. The van der Waals surface area contributed by atoms with Gasteiger partial charge in [0.1, 0.15) is 0 Å². The Bertz CT molecular complexity index is 371. The SMILES string of the molecule is O=C(O)CC(O)(CC(=O)O)C(=O)O.O=C1CNCCN1. The Hall–Kier alpha value is -2.20. The molecule has 1 rings (SSSR count). The van der Waals surface area contributed by atoms with Crippen LogP contribution in [0.4, 0.5) is 0 Å². The third-order valence-electron chi connectivity index (χ3n) is 2.19. The monoisotopic (exact) mass is 292 g/mol.